The first kappa shape index (κ1) is 15.6. The van der Waals surface area contributed by atoms with Crippen molar-refractivity contribution in [1.82, 2.24) is 0 Å². The smallest absolute Gasteiger partial charge is 0.0678 e. The van der Waals surface area contributed by atoms with Gasteiger partial charge in [0.05, 0.1) is 5.69 Å². The molecule has 1 fully saturated rings. The lowest BCUT2D eigenvalue weighted by molar-refractivity contribution is 0.344. The average molecular weight is 298 g/mol. The first-order valence-electron chi connectivity index (χ1n) is 9.13. The second-order valence-electron chi connectivity index (χ2n) is 7.17. The molecule has 1 unspecified atom stereocenters. The maximum absolute atomic E-state index is 4.81. The van der Waals surface area contributed by atoms with Gasteiger partial charge in [-0.15, -0.1) is 0 Å². The van der Waals surface area contributed by atoms with Crippen LogP contribution in [-0.2, 0) is 6.42 Å². The van der Waals surface area contributed by atoms with Crippen LogP contribution in [0.3, 0.4) is 0 Å². The number of hydrogen-bond acceptors (Lipinski definition) is 2. The molecule has 0 aromatic heterocycles. The maximum atomic E-state index is 4.81. The molecular weight excluding hydrogens is 268 g/mol. The summed E-state index contributed by atoms with van der Waals surface area (Å²) in [4.78, 5) is 7.21. The molecule has 1 aromatic rings. The summed E-state index contributed by atoms with van der Waals surface area (Å²) < 4.78 is 0. The first-order valence-corrected chi connectivity index (χ1v) is 9.13. The quantitative estimate of drug-likeness (QED) is 0.668. The van der Waals surface area contributed by atoms with Gasteiger partial charge in [-0.2, -0.15) is 0 Å². The van der Waals surface area contributed by atoms with Crippen LogP contribution in [0.5, 0.6) is 0 Å². The van der Waals surface area contributed by atoms with Crippen molar-refractivity contribution in [1.29, 1.82) is 0 Å². The van der Waals surface area contributed by atoms with Crippen LogP contribution < -0.4 is 4.90 Å². The highest BCUT2D eigenvalue weighted by Crippen LogP contribution is 2.35. The summed E-state index contributed by atoms with van der Waals surface area (Å²) in [6, 6.07) is 7.21. The Morgan fingerprint density at radius 3 is 2.82 bits per heavy atom. The largest absolute Gasteiger partial charge is 0.372 e. The number of hydrogen-bond donors (Lipinski definition) is 0. The van der Waals surface area contributed by atoms with Crippen LogP contribution >= 0.6 is 0 Å². The number of anilines is 1. The molecule has 0 amide bonds. The predicted octanol–water partition coefficient (Wildman–Crippen LogP) is 5.52. The van der Waals surface area contributed by atoms with Gasteiger partial charge in [-0.1, -0.05) is 38.2 Å². The lowest BCUT2D eigenvalue weighted by Gasteiger charge is -2.34. The summed E-state index contributed by atoms with van der Waals surface area (Å²) in [5.74, 6) is 0.955. The highest BCUT2D eigenvalue weighted by Gasteiger charge is 2.21. The molecule has 120 valence electrons. The fourth-order valence-corrected chi connectivity index (χ4v) is 4.00. The van der Waals surface area contributed by atoms with Crippen LogP contribution in [-0.4, -0.2) is 19.3 Å². The Morgan fingerprint density at radius 2 is 2.00 bits per heavy atom. The molecule has 0 saturated heterocycles. The number of nitrogens with zero attached hydrogens (tertiary/aromatic N) is 2. The Bertz CT molecular complexity index is 514. The van der Waals surface area contributed by atoms with Crippen LogP contribution in [0.4, 0.5) is 11.4 Å². The van der Waals surface area contributed by atoms with Crippen LogP contribution in [0.15, 0.2) is 23.2 Å². The third kappa shape index (κ3) is 3.53. The van der Waals surface area contributed by atoms with E-state index in [9.17, 15) is 0 Å². The summed E-state index contributed by atoms with van der Waals surface area (Å²) in [6.45, 7) is 2.31. The molecule has 1 aliphatic heterocycles. The molecule has 1 aliphatic carbocycles. The molecule has 3 rings (SSSR count). The molecule has 2 heteroatoms. The van der Waals surface area contributed by atoms with Gasteiger partial charge in [-0.05, 0) is 50.7 Å². The van der Waals surface area contributed by atoms with E-state index >= 15 is 0 Å². The van der Waals surface area contributed by atoms with Crippen molar-refractivity contribution in [3.63, 3.8) is 0 Å². The molecule has 1 saturated carbocycles. The van der Waals surface area contributed by atoms with Gasteiger partial charge < -0.3 is 4.90 Å². The fourth-order valence-electron chi connectivity index (χ4n) is 4.00. The van der Waals surface area contributed by atoms with Gasteiger partial charge in [-0.3, -0.25) is 4.99 Å². The Labute approximate surface area is 135 Å². The third-order valence-corrected chi connectivity index (χ3v) is 5.64. The van der Waals surface area contributed by atoms with E-state index < -0.39 is 0 Å². The van der Waals surface area contributed by atoms with E-state index in [2.05, 4.69) is 43.3 Å². The number of rotatable bonds is 4. The van der Waals surface area contributed by atoms with Gasteiger partial charge >= 0.3 is 0 Å². The summed E-state index contributed by atoms with van der Waals surface area (Å²) in [7, 11) is 2.21. The van der Waals surface area contributed by atoms with Crippen molar-refractivity contribution < 1.29 is 0 Å². The fraction of sp³-hybridized carbons (Fsp3) is 0.650. The maximum Gasteiger partial charge on any atom is 0.0678 e. The molecule has 2 aliphatic rings. The van der Waals surface area contributed by atoms with Crippen LogP contribution in [0, 0.1) is 5.92 Å². The van der Waals surface area contributed by atoms with Gasteiger partial charge in [0.25, 0.3) is 0 Å². The minimum Gasteiger partial charge on any atom is -0.372 e. The summed E-state index contributed by atoms with van der Waals surface area (Å²) in [6.07, 6.45) is 14.3. The summed E-state index contributed by atoms with van der Waals surface area (Å²) >= 11 is 0. The molecule has 2 nitrogen and oxygen atoms in total. The van der Waals surface area contributed by atoms with Gasteiger partial charge in [0.1, 0.15) is 0 Å². The summed E-state index contributed by atoms with van der Waals surface area (Å²) in [5.41, 5.74) is 4.01. The molecule has 1 heterocycles. The lowest BCUT2D eigenvalue weighted by atomic mass is 9.86. The van der Waals surface area contributed by atoms with Gasteiger partial charge in [-0.25, -0.2) is 0 Å². The Hall–Kier alpha value is -1.31. The van der Waals surface area contributed by atoms with E-state index in [0.29, 0.717) is 6.04 Å². The van der Waals surface area contributed by atoms with Crippen LogP contribution in [0.1, 0.15) is 63.9 Å². The molecular formula is C20H30N2. The molecule has 0 spiro atoms. The molecule has 0 N–H and O–H groups in total. The standard InChI is InChI=1S/C20H30N2/c1-16-13-14-18-19(11-6-12-20(18)22(16)2)21-15-7-10-17-8-4-3-5-9-17/h6,11-12,15-17H,3-5,7-10,13-14H2,1-2H3/b21-15+. The van der Waals surface area contributed by atoms with Crippen LogP contribution in [0.2, 0.25) is 0 Å². The zero-order valence-corrected chi connectivity index (χ0v) is 14.2. The van der Waals surface area contributed by atoms with E-state index in [4.69, 9.17) is 4.99 Å². The Morgan fingerprint density at radius 1 is 1.18 bits per heavy atom. The van der Waals surface area contributed by atoms with E-state index in [0.717, 1.165) is 18.8 Å². The second-order valence-corrected chi connectivity index (χ2v) is 7.17. The summed E-state index contributed by atoms with van der Waals surface area (Å²) in [5, 5.41) is 0. The average Bonchev–Trinajstić information content (AvgIpc) is 2.56. The first-order chi connectivity index (χ1) is 10.8. The van der Waals surface area contributed by atoms with E-state index in [1.165, 1.54) is 61.9 Å². The predicted molar refractivity (Wildman–Crippen MR) is 96.6 cm³/mol. The Balaban J connectivity index is 1.61. The minimum atomic E-state index is 0.637. The van der Waals surface area contributed by atoms with Gasteiger partial charge in [0.15, 0.2) is 0 Å². The zero-order chi connectivity index (χ0) is 15.4. The topological polar surface area (TPSA) is 15.6 Å². The van der Waals surface area contributed by atoms with Crippen molar-refractivity contribution in [2.45, 2.75) is 70.8 Å². The van der Waals surface area contributed by atoms with E-state index in [-0.39, 0.29) is 0 Å². The SMILES string of the molecule is CC1CCc2c(/N=C/CCC3CCCCC3)cccc2N1C. The van der Waals surface area contributed by atoms with E-state index in [1.807, 2.05) is 0 Å². The Kier molecular flexibility index (Phi) is 5.17. The van der Waals surface area contributed by atoms with Crippen molar-refractivity contribution in [3.05, 3.63) is 23.8 Å². The lowest BCUT2D eigenvalue weighted by Crippen LogP contribution is -2.33. The molecule has 0 bridgehead atoms. The molecule has 0 radical (unpaired) electrons. The monoisotopic (exact) mass is 298 g/mol. The van der Waals surface area contributed by atoms with Crippen LogP contribution in [0.25, 0.3) is 0 Å². The van der Waals surface area contributed by atoms with E-state index in [1.54, 1.807) is 0 Å². The number of aliphatic imine (C=N–C) groups is 1. The van der Waals surface area contributed by atoms with Gasteiger partial charge in [0, 0.05) is 30.6 Å². The molecule has 22 heavy (non-hydrogen) atoms. The molecule has 1 atom stereocenters. The minimum absolute atomic E-state index is 0.637. The highest BCUT2D eigenvalue weighted by atomic mass is 15.1. The molecule has 1 aromatic carbocycles. The highest BCUT2D eigenvalue weighted by molar-refractivity contribution is 5.71. The van der Waals surface area contributed by atoms with Crippen molar-refractivity contribution in [2.24, 2.45) is 10.9 Å². The number of benzene rings is 1. The normalized spacial score (nSPS) is 23.0. The zero-order valence-electron chi connectivity index (χ0n) is 14.2. The third-order valence-electron chi connectivity index (χ3n) is 5.64. The van der Waals surface area contributed by atoms with Crippen molar-refractivity contribution >= 4 is 17.6 Å². The second kappa shape index (κ2) is 7.30. The number of fused-ring (bicyclic) bond motifs is 1. The van der Waals surface area contributed by atoms with Crippen molar-refractivity contribution in [2.75, 3.05) is 11.9 Å². The van der Waals surface area contributed by atoms with Gasteiger partial charge in [0.2, 0.25) is 0 Å². The van der Waals surface area contributed by atoms with Crippen molar-refractivity contribution in [3.8, 4) is 0 Å².